The fourth-order valence-electron chi connectivity index (χ4n) is 4.56. The molecule has 0 aliphatic carbocycles. The fraction of sp³-hybridized carbons (Fsp3) is 0.486. The molecule has 6 nitrogen and oxygen atoms in total. The normalized spacial score (nSPS) is 11.9. The molecule has 6 heteroatoms. The van der Waals surface area contributed by atoms with Gasteiger partial charge in [0.15, 0.2) is 23.0 Å². The first-order valence-electron chi connectivity index (χ1n) is 14.6. The second kappa shape index (κ2) is 19.0. The number of nitrogens with one attached hydrogen (secondary N) is 1. The highest BCUT2D eigenvalue weighted by Crippen LogP contribution is 2.29. The summed E-state index contributed by atoms with van der Waals surface area (Å²) in [6.07, 6.45) is 11.5. The van der Waals surface area contributed by atoms with E-state index in [1.807, 2.05) is 18.2 Å². The van der Waals surface area contributed by atoms with Crippen LogP contribution >= 0.6 is 0 Å². The van der Waals surface area contributed by atoms with Gasteiger partial charge in [-0.1, -0.05) is 47.1 Å². The first-order valence-corrected chi connectivity index (χ1v) is 14.6. The summed E-state index contributed by atoms with van der Waals surface area (Å²) in [5.74, 6) is 3.00. The maximum absolute atomic E-state index is 5.54. The van der Waals surface area contributed by atoms with Crippen LogP contribution in [0.4, 0.5) is 0 Å². The number of allylic oxidation sites excluding steroid dienone is 5. The third-order valence-corrected chi connectivity index (χ3v) is 7.06. The van der Waals surface area contributed by atoms with Gasteiger partial charge in [0, 0.05) is 32.7 Å². The first kappa shape index (κ1) is 34.0. The summed E-state index contributed by atoms with van der Waals surface area (Å²) in [6, 6.07) is 12.2. The van der Waals surface area contributed by atoms with E-state index in [-0.39, 0.29) is 0 Å². The van der Waals surface area contributed by atoms with E-state index >= 15 is 0 Å². The Kier molecular flexibility index (Phi) is 15.7. The molecule has 41 heavy (non-hydrogen) atoms. The zero-order valence-corrected chi connectivity index (χ0v) is 26.6. The Balaban J connectivity index is 1.99. The fourth-order valence-corrected chi connectivity index (χ4v) is 4.56. The quantitative estimate of drug-likeness (QED) is 0.139. The molecule has 0 bridgehead atoms. The van der Waals surface area contributed by atoms with Crippen LogP contribution in [0.5, 0.6) is 23.0 Å². The number of methoxy groups -OCH3 is 4. The van der Waals surface area contributed by atoms with Crippen LogP contribution in [0.2, 0.25) is 0 Å². The molecule has 0 amide bonds. The SMILES string of the molecule is COc1ccc(CNCCN(C/C=C(\C)CC/C=C(\C)CCC=C(C)C)Cc2ccc(OC)c(OC)c2)cc1OC. The van der Waals surface area contributed by atoms with Gasteiger partial charge in [-0.15, -0.1) is 0 Å². The lowest BCUT2D eigenvalue weighted by atomic mass is 10.1. The Morgan fingerprint density at radius 1 is 0.683 bits per heavy atom. The third kappa shape index (κ3) is 12.9. The van der Waals surface area contributed by atoms with E-state index in [0.717, 1.165) is 87.0 Å². The van der Waals surface area contributed by atoms with Crippen molar-refractivity contribution in [2.75, 3.05) is 48.1 Å². The van der Waals surface area contributed by atoms with Crippen molar-refractivity contribution < 1.29 is 18.9 Å². The van der Waals surface area contributed by atoms with Gasteiger partial charge in [-0.2, -0.15) is 0 Å². The van der Waals surface area contributed by atoms with Crippen LogP contribution < -0.4 is 24.3 Å². The number of hydrogen-bond donors (Lipinski definition) is 1. The monoisotopic (exact) mass is 564 g/mol. The number of ether oxygens (including phenoxy) is 4. The Labute approximate surface area is 249 Å². The maximum Gasteiger partial charge on any atom is 0.161 e. The molecule has 0 spiro atoms. The zero-order valence-electron chi connectivity index (χ0n) is 26.6. The summed E-state index contributed by atoms with van der Waals surface area (Å²) in [6.45, 7) is 13.1. The molecule has 1 N–H and O–H groups in total. The topological polar surface area (TPSA) is 52.2 Å². The minimum Gasteiger partial charge on any atom is -0.493 e. The van der Waals surface area contributed by atoms with Crippen LogP contribution in [0.15, 0.2) is 71.3 Å². The van der Waals surface area contributed by atoms with Gasteiger partial charge >= 0.3 is 0 Å². The molecule has 0 heterocycles. The van der Waals surface area contributed by atoms with Crippen molar-refractivity contribution in [3.05, 3.63) is 82.5 Å². The predicted molar refractivity (Wildman–Crippen MR) is 171 cm³/mol. The molecule has 0 unspecified atom stereocenters. The van der Waals surface area contributed by atoms with Crippen LogP contribution in [0.25, 0.3) is 0 Å². The summed E-state index contributed by atoms with van der Waals surface area (Å²) in [4.78, 5) is 2.47. The van der Waals surface area contributed by atoms with Crippen LogP contribution in [-0.2, 0) is 13.1 Å². The van der Waals surface area contributed by atoms with E-state index in [9.17, 15) is 0 Å². The standard InChI is InChI=1S/C35H52N2O4/c1-27(2)11-9-12-28(3)13-10-14-29(4)19-21-37(26-31-16-18-33(39-6)35(24-31)41-8)22-20-36-25-30-15-17-32(38-5)34(23-30)40-7/h11,13,15-19,23-24,36H,9-10,12,14,20-22,25-26H2,1-8H3/b28-13+,29-19+. The summed E-state index contributed by atoms with van der Waals surface area (Å²) in [7, 11) is 6.67. The molecule has 226 valence electrons. The lowest BCUT2D eigenvalue weighted by Gasteiger charge is -2.22. The van der Waals surface area contributed by atoms with Gasteiger partial charge in [0.25, 0.3) is 0 Å². The van der Waals surface area contributed by atoms with Gasteiger partial charge in [0.1, 0.15) is 0 Å². The van der Waals surface area contributed by atoms with Crippen LogP contribution in [0, 0.1) is 0 Å². The van der Waals surface area contributed by atoms with Crippen molar-refractivity contribution in [1.29, 1.82) is 0 Å². The highest BCUT2D eigenvalue weighted by Gasteiger charge is 2.10. The van der Waals surface area contributed by atoms with Crippen molar-refractivity contribution in [2.45, 2.75) is 66.5 Å². The average Bonchev–Trinajstić information content (AvgIpc) is 2.97. The molecule has 0 saturated heterocycles. The molecule has 2 rings (SSSR count). The van der Waals surface area contributed by atoms with E-state index in [0.29, 0.717) is 0 Å². The van der Waals surface area contributed by atoms with Crippen LogP contribution in [0.3, 0.4) is 0 Å². The van der Waals surface area contributed by atoms with Crippen molar-refractivity contribution >= 4 is 0 Å². The Hall–Kier alpha value is -3.22. The lowest BCUT2D eigenvalue weighted by molar-refractivity contribution is 0.291. The Bertz CT molecular complexity index is 1150. The summed E-state index contributed by atoms with van der Waals surface area (Å²) in [5.41, 5.74) is 6.66. The number of benzene rings is 2. The second-order valence-corrected chi connectivity index (χ2v) is 10.8. The molecule has 0 saturated carbocycles. The van der Waals surface area contributed by atoms with E-state index < -0.39 is 0 Å². The molecule has 2 aromatic rings. The average molecular weight is 565 g/mol. The molecule has 0 radical (unpaired) electrons. The van der Waals surface area contributed by atoms with Crippen molar-refractivity contribution in [3.63, 3.8) is 0 Å². The van der Waals surface area contributed by atoms with Gasteiger partial charge < -0.3 is 24.3 Å². The highest BCUT2D eigenvalue weighted by atomic mass is 16.5. The largest absolute Gasteiger partial charge is 0.493 e. The van der Waals surface area contributed by atoms with Crippen molar-refractivity contribution in [3.8, 4) is 23.0 Å². The second-order valence-electron chi connectivity index (χ2n) is 10.8. The molecule has 0 atom stereocenters. The molecule has 2 aromatic carbocycles. The minimum absolute atomic E-state index is 0.744. The van der Waals surface area contributed by atoms with Crippen LogP contribution in [-0.4, -0.2) is 53.0 Å². The molecular weight excluding hydrogens is 512 g/mol. The molecule has 0 fully saturated rings. The Morgan fingerprint density at radius 2 is 1.22 bits per heavy atom. The first-order chi connectivity index (χ1) is 19.8. The minimum atomic E-state index is 0.744. The van der Waals surface area contributed by atoms with E-state index in [2.05, 4.69) is 74.3 Å². The van der Waals surface area contributed by atoms with Gasteiger partial charge in [0.2, 0.25) is 0 Å². The van der Waals surface area contributed by atoms with E-state index in [1.165, 1.54) is 22.3 Å². The highest BCUT2D eigenvalue weighted by molar-refractivity contribution is 5.43. The predicted octanol–water partition coefficient (Wildman–Crippen LogP) is 7.73. The van der Waals surface area contributed by atoms with Crippen molar-refractivity contribution in [1.82, 2.24) is 10.2 Å². The maximum atomic E-state index is 5.54. The van der Waals surface area contributed by atoms with Gasteiger partial charge in [-0.05, 0) is 88.8 Å². The summed E-state index contributed by atoms with van der Waals surface area (Å²) in [5, 5.41) is 3.59. The number of nitrogens with zero attached hydrogens (tertiary/aromatic N) is 1. The summed E-state index contributed by atoms with van der Waals surface area (Å²) < 4.78 is 21.8. The van der Waals surface area contributed by atoms with E-state index in [1.54, 1.807) is 28.4 Å². The van der Waals surface area contributed by atoms with Gasteiger partial charge in [0.05, 0.1) is 28.4 Å². The van der Waals surface area contributed by atoms with E-state index in [4.69, 9.17) is 18.9 Å². The number of hydrogen-bond acceptors (Lipinski definition) is 6. The molecule has 0 aliphatic rings. The molecule has 0 aliphatic heterocycles. The summed E-state index contributed by atoms with van der Waals surface area (Å²) >= 11 is 0. The number of rotatable bonds is 19. The van der Waals surface area contributed by atoms with Gasteiger partial charge in [-0.3, -0.25) is 4.90 Å². The molecular formula is C35H52N2O4. The third-order valence-electron chi connectivity index (χ3n) is 7.06. The lowest BCUT2D eigenvalue weighted by Crippen LogP contribution is -2.32. The van der Waals surface area contributed by atoms with Crippen LogP contribution in [0.1, 0.15) is 64.5 Å². The smallest absolute Gasteiger partial charge is 0.161 e. The molecule has 0 aromatic heterocycles. The van der Waals surface area contributed by atoms with Crippen molar-refractivity contribution in [2.24, 2.45) is 0 Å². The Morgan fingerprint density at radius 3 is 1.80 bits per heavy atom. The zero-order chi connectivity index (χ0) is 30.0. The van der Waals surface area contributed by atoms with Gasteiger partial charge in [-0.25, -0.2) is 0 Å².